The first kappa shape index (κ1) is 19.4. The normalized spacial score (nSPS) is 22.3. The largest absolute Gasteiger partial charge is 0.342 e. The Morgan fingerprint density at radius 2 is 1.81 bits per heavy atom. The van der Waals surface area contributed by atoms with E-state index in [2.05, 4.69) is 22.9 Å². The predicted octanol–water partition coefficient (Wildman–Crippen LogP) is 2.82. The van der Waals surface area contributed by atoms with Crippen LogP contribution in [0.5, 0.6) is 0 Å². The zero-order chi connectivity index (χ0) is 18.6. The monoisotopic (exact) mass is 378 g/mol. The molecule has 144 valence electrons. The first-order valence-corrected chi connectivity index (χ1v) is 11.6. The van der Waals surface area contributed by atoms with Gasteiger partial charge in [0.05, 0.1) is 12.7 Å². The fourth-order valence-corrected chi connectivity index (χ4v) is 5.21. The van der Waals surface area contributed by atoms with Gasteiger partial charge in [-0.3, -0.25) is 4.79 Å². The zero-order valence-electron chi connectivity index (χ0n) is 15.6. The highest BCUT2D eigenvalue weighted by Gasteiger charge is 2.24. The lowest BCUT2D eigenvalue weighted by Gasteiger charge is -2.22. The number of carbonyl (C=O) groups is 1. The van der Waals surface area contributed by atoms with E-state index in [-0.39, 0.29) is 11.9 Å². The van der Waals surface area contributed by atoms with Crippen molar-refractivity contribution in [3.05, 3.63) is 35.4 Å². The van der Waals surface area contributed by atoms with Crippen molar-refractivity contribution in [3.8, 4) is 0 Å². The number of nitrogens with zero attached hydrogens (tertiary/aromatic N) is 1. The number of hydrogen-bond acceptors (Lipinski definition) is 3. The Labute approximate surface area is 157 Å². The number of likely N-dealkylation sites (tertiary alicyclic amines) is 1. The molecule has 1 atom stereocenters. The lowest BCUT2D eigenvalue weighted by atomic mass is 9.91. The first-order chi connectivity index (χ1) is 12.4. The predicted molar refractivity (Wildman–Crippen MR) is 104 cm³/mol. The Morgan fingerprint density at radius 3 is 2.54 bits per heavy atom. The van der Waals surface area contributed by atoms with Crippen LogP contribution in [0.2, 0.25) is 0 Å². The van der Waals surface area contributed by atoms with Crippen LogP contribution >= 0.6 is 0 Å². The number of nitrogens with one attached hydrogen (secondary N) is 1. The summed E-state index contributed by atoms with van der Waals surface area (Å²) in [7, 11) is -3.19. The van der Waals surface area contributed by atoms with Crippen molar-refractivity contribution in [1.29, 1.82) is 0 Å². The molecular formula is C20H30N2O3S. The molecule has 1 amide bonds. The van der Waals surface area contributed by atoms with Gasteiger partial charge in [0.15, 0.2) is 0 Å². The fraction of sp³-hybridized carbons (Fsp3) is 0.650. The summed E-state index contributed by atoms with van der Waals surface area (Å²) in [6.07, 6.45) is 8.99. The molecule has 1 heterocycles. The molecule has 1 saturated heterocycles. The number of carbonyl (C=O) groups excluding carboxylic acids is 1. The van der Waals surface area contributed by atoms with Crippen LogP contribution in [-0.4, -0.2) is 44.6 Å². The lowest BCUT2D eigenvalue weighted by molar-refractivity contribution is -0.130. The number of rotatable bonds is 5. The standard InChI is InChI=1S/C20H30N2O3S/c1-26(24,25)21-18-10-6-13-22(14-12-18)20(23)15-17-9-4-5-11-19(17)16-7-2-3-8-16/h4-5,9,11,16,18,21H,2-3,6-8,10,12-15H2,1H3. The number of sulfonamides is 1. The molecule has 2 fully saturated rings. The third-order valence-electron chi connectivity index (χ3n) is 5.65. The van der Waals surface area contributed by atoms with E-state index in [1.165, 1.54) is 43.1 Å². The molecule has 0 bridgehead atoms. The molecule has 1 aliphatic heterocycles. The molecule has 6 heteroatoms. The summed E-state index contributed by atoms with van der Waals surface area (Å²) >= 11 is 0. The highest BCUT2D eigenvalue weighted by molar-refractivity contribution is 7.88. The van der Waals surface area contributed by atoms with Crippen LogP contribution in [0, 0.1) is 0 Å². The molecule has 2 aliphatic rings. The lowest BCUT2D eigenvalue weighted by Crippen LogP contribution is -2.36. The molecule has 0 aromatic heterocycles. The van der Waals surface area contributed by atoms with Gasteiger partial charge in [-0.25, -0.2) is 13.1 Å². The van der Waals surface area contributed by atoms with Gasteiger partial charge in [0, 0.05) is 19.1 Å². The second-order valence-electron chi connectivity index (χ2n) is 7.76. The molecule has 0 spiro atoms. The van der Waals surface area contributed by atoms with Crippen molar-refractivity contribution in [2.24, 2.45) is 0 Å². The Kier molecular flexibility index (Phi) is 6.35. The topological polar surface area (TPSA) is 66.5 Å². The first-order valence-electron chi connectivity index (χ1n) is 9.75. The molecule has 26 heavy (non-hydrogen) atoms. The van der Waals surface area contributed by atoms with E-state index >= 15 is 0 Å². The van der Waals surface area contributed by atoms with Gasteiger partial charge >= 0.3 is 0 Å². The average molecular weight is 379 g/mol. The Morgan fingerprint density at radius 1 is 1.08 bits per heavy atom. The Bertz CT molecular complexity index is 726. The van der Waals surface area contributed by atoms with Crippen LogP contribution in [0.15, 0.2) is 24.3 Å². The van der Waals surface area contributed by atoms with Gasteiger partial charge in [0.2, 0.25) is 15.9 Å². The third-order valence-corrected chi connectivity index (χ3v) is 6.41. The highest BCUT2D eigenvalue weighted by Crippen LogP contribution is 2.36. The van der Waals surface area contributed by atoms with Crippen molar-refractivity contribution in [2.45, 2.75) is 63.3 Å². The smallest absolute Gasteiger partial charge is 0.227 e. The second-order valence-corrected chi connectivity index (χ2v) is 9.54. The molecule has 0 radical (unpaired) electrons. The third kappa shape index (κ3) is 5.30. The van der Waals surface area contributed by atoms with Crippen molar-refractivity contribution >= 4 is 15.9 Å². The van der Waals surface area contributed by atoms with Gasteiger partial charge in [-0.05, 0) is 49.1 Å². The molecular weight excluding hydrogens is 348 g/mol. The van der Waals surface area contributed by atoms with Crippen molar-refractivity contribution in [2.75, 3.05) is 19.3 Å². The van der Waals surface area contributed by atoms with E-state index in [4.69, 9.17) is 0 Å². The van der Waals surface area contributed by atoms with E-state index in [1.54, 1.807) is 0 Å². The van der Waals surface area contributed by atoms with E-state index in [0.29, 0.717) is 31.8 Å². The van der Waals surface area contributed by atoms with Crippen molar-refractivity contribution < 1.29 is 13.2 Å². The van der Waals surface area contributed by atoms with Crippen LogP contribution in [-0.2, 0) is 21.2 Å². The minimum absolute atomic E-state index is 0.0615. The Balaban J connectivity index is 1.62. The minimum Gasteiger partial charge on any atom is -0.342 e. The van der Waals surface area contributed by atoms with Gasteiger partial charge in [-0.2, -0.15) is 0 Å². The average Bonchev–Trinajstić information content (AvgIpc) is 3.01. The second kappa shape index (κ2) is 8.53. The van der Waals surface area contributed by atoms with Crippen LogP contribution in [0.1, 0.15) is 62.0 Å². The van der Waals surface area contributed by atoms with E-state index in [9.17, 15) is 13.2 Å². The summed E-state index contributed by atoms with van der Waals surface area (Å²) in [6, 6.07) is 8.32. The summed E-state index contributed by atoms with van der Waals surface area (Å²) < 4.78 is 25.6. The summed E-state index contributed by atoms with van der Waals surface area (Å²) in [6.45, 7) is 1.34. The van der Waals surface area contributed by atoms with E-state index in [0.717, 1.165) is 12.8 Å². The molecule has 1 unspecified atom stereocenters. The molecule has 1 N–H and O–H groups in total. The van der Waals surface area contributed by atoms with Crippen LogP contribution in [0.3, 0.4) is 0 Å². The van der Waals surface area contributed by atoms with Gasteiger partial charge in [0.25, 0.3) is 0 Å². The maximum absolute atomic E-state index is 12.9. The molecule has 1 saturated carbocycles. The van der Waals surface area contributed by atoms with Gasteiger partial charge in [-0.15, -0.1) is 0 Å². The van der Waals surface area contributed by atoms with Gasteiger partial charge in [-0.1, -0.05) is 37.1 Å². The summed E-state index contributed by atoms with van der Waals surface area (Å²) in [5.74, 6) is 0.766. The number of amides is 1. The SMILES string of the molecule is CS(=O)(=O)NC1CCCN(C(=O)Cc2ccccc2C2CCCC2)CC1. The van der Waals surface area contributed by atoms with E-state index < -0.39 is 10.0 Å². The van der Waals surface area contributed by atoms with Gasteiger partial charge in [0.1, 0.15) is 0 Å². The van der Waals surface area contributed by atoms with Crippen molar-refractivity contribution in [3.63, 3.8) is 0 Å². The molecule has 1 aromatic carbocycles. The number of hydrogen-bond donors (Lipinski definition) is 1. The van der Waals surface area contributed by atoms with E-state index in [1.807, 2.05) is 11.0 Å². The molecule has 1 aromatic rings. The summed E-state index contributed by atoms with van der Waals surface area (Å²) in [5.41, 5.74) is 2.52. The van der Waals surface area contributed by atoms with Crippen LogP contribution in [0.4, 0.5) is 0 Å². The molecule has 1 aliphatic carbocycles. The zero-order valence-corrected chi connectivity index (χ0v) is 16.4. The molecule has 3 rings (SSSR count). The fourth-order valence-electron chi connectivity index (χ4n) is 4.37. The highest BCUT2D eigenvalue weighted by atomic mass is 32.2. The van der Waals surface area contributed by atoms with Crippen LogP contribution < -0.4 is 4.72 Å². The maximum atomic E-state index is 12.9. The quantitative estimate of drug-likeness (QED) is 0.857. The maximum Gasteiger partial charge on any atom is 0.227 e. The summed E-state index contributed by atoms with van der Waals surface area (Å²) in [4.78, 5) is 14.8. The minimum atomic E-state index is -3.19. The summed E-state index contributed by atoms with van der Waals surface area (Å²) in [5, 5.41) is 0. The van der Waals surface area contributed by atoms with Gasteiger partial charge < -0.3 is 4.90 Å². The number of benzene rings is 1. The van der Waals surface area contributed by atoms with Crippen LogP contribution in [0.25, 0.3) is 0 Å². The molecule has 5 nitrogen and oxygen atoms in total. The van der Waals surface area contributed by atoms with Crippen molar-refractivity contribution in [1.82, 2.24) is 9.62 Å². The Hall–Kier alpha value is -1.40.